The highest BCUT2D eigenvalue weighted by Gasteiger charge is 2.38. The Morgan fingerprint density at radius 3 is 2.56 bits per heavy atom. The number of aliphatic hydroxyl groups is 1. The molecule has 6 nitrogen and oxygen atoms in total. The van der Waals surface area contributed by atoms with Gasteiger partial charge >= 0.3 is 5.97 Å². The fraction of sp³-hybridized carbons (Fsp3) is 0.515. The van der Waals surface area contributed by atoms with E-state index >= 15 is 0 Å². The number of rotatable bonds is 11. The van der Waals surface area contributed by atoms with Crippen LogP contribution in [0.5, 0.6) is 0 Å². The van der Waals surface area contributed by atoms with Gasteiger partial charge in [-0.1, -0.05) is 55.5 Å². The number of aromatic nitrogens is 1. The third-order valence-corrected chi connectivity index (χ3v) is 8.87. The molecule has 0 spiro atoms. The number of carboxylic acids is 1. The molecule has 1 aromatic heterocycles. The molecular weight excluding hydrogens is 486 g/mol. The molecule has 3 atom stereocenters. The minimum absolute atomic E-state index is 0.146. The van der Waals surface area contributed by atoms with Gasteiger partial charge in [0.05, 0.1) is 11.1 Å². The number of carboxylic acid groups (broad SMARTS) is 1. The monoisotopic (exact) mass is 529 g/mol. The topological polar surface area (TPSA) is 76.9 Å². The molecule has 2 N–H and O–H groups in total. The molecule has 208 valence electrons. The number of aliphatic carboxylic acids is 1. The highest BCUT2D eigenvalue weighted by molar-refractivity contribution is 5.78. The zero-order valence-electron chi connectivity index (χ0n) is 23.2. The normalized spacial score (nSPS) is 22.7. The second-order valence-corrected chi connectivity index (χ2v) is 12.1. The van der Waals surface area contributed by atoms with Gasteiger partial charge in [0.1, 0.15) is 0 Å². The van der Waals surface area contributed by atoms with Crippen molar-refractivity contribution in [3.63, 3.8) is 0 Å². The van der Waals surface area contributed by atoms with E-state index in [2.05, 4.69) is 63.3 Å². The first-order chi connectivity index (χ1) is 18.9. The van der Waals surface area contributed by atoms with Gasteiger partial charge in [-0.25, -0.2) is 0 Å². The third-order valence-electron chi connectivity index (χ3n) is 8.87. The highest BCUT2D eigenvalue weighted by Crippen LogP contribution is 2.35. The molecule has 0 radical (unpaired) electrons. The van der Waals surface area contributed by atoms with E-state index < -0.39 is 11.6 Å². The predicted molar refractivity (Wildman–Crippen MR) is 156 cm³/mol. The van der Waals surface area contributed by atoms with E-state index in [1.807, 2.05) is 25.3 Å². The molecule has 0 aliphatic carbocycles. The Labute approximate surface area is 232 Å². The quantitative estimate of drug-likeness (QED) is 0.355. The number of hydrogen-bond acceptors (Lipinski definition) is 5. The number of carbonyl (C=O) groups is 1. The van der Waals surface area contributed by atoms with Crippen LogP contribution in [0.25, 0.3) is 10.9 Å². The number of likely N-dealkylation sites (tertiary alicyclic amines) is 2. The van der Waals surface area contributed by atoms with Crippen molar-refractivity contribution in [1.82, 2.24) is 14.8 Å². The van der Waals surface area contributed by atoms with Gasteiger partial charge in [-0.15, -0.1) is 0 Å². The van der Waals surface area contributed by atoms with Gasteiger partial charge < -0.3 is 20.0 Å². The molecular formula is C33H43N3O3. The van der Waals surface area contributed by atoms with Crippen LogP contribution in [0.4, 0.5) is 0 Å². The first kappa shape index (κ1) is 27.8. The minimum Gasteiger partial charge on any atom is -0.481 e. The summed E-state index contributed by atoms with van der Waals surface area (Å²) in [6.45, 7) is 7.76. The molecule has 39 heavy (non-hydrogen) atoms. The van der Waals surface area contributed by atoms with Crippen molar-refractivity contribution < 1.29 is 15.0 Å². The number of aryl methyl sites for hydroxylation is 1. The van der Waals surface area contributed by atoms with Crippen molar-refractivity contribution in [1.29, 1.82) is 0 Å². The molecule has 3 aromatic rings. The largest absolute Gasteiger partial charge is 0.481 e. The van der Waals surface area contributed by atoms with Crippen LogP contribution in [0, 0.1) is 11.8 Å². The molecule has 0 bridgehead atoms. The molecule has 2 saturated heterocycles. The zero-order valence-corrected chi connectivity index (χ0v) is 23.2. The summed E-state index contributed by atoms with van der Waals surface area (Å²) < 4.78 is 0. The van der Waals surface area contributed by atoms with Crippen molar-refractivity contribution in [2.75, 3.05) is 39.3 Å². The minimum atomic E-state index is -0.715. The van der Waals surface area contributed by atoms with Crippen LogP contribution in [0.15, 0.2) is 66.9 Å². The van der Waals surface area contributed by atoms with Crippen LogP contribution in [0.1, 0.15) is 56.1 Å². The number of nitrogens with zero attached hydrogens (tertiary/aromatic N) is 3. The summed E-state index contributed by atoms with van der Waals surface area (Å²) in [5, 5.41) is 21.7. The Bertz CT molecular complexity index is 1230. The van der Waals surface area contributed by atoms with Gasteiger partial charge in [0.2, 0.25) is 0 Å². The molecule has 2 aromatic carbocycles. The Morgan fingerprint density at radius 1 is 1.05 bits per heavy atom. The lowest BCUT2D eigenvalue weighted by Gasteiger charge is -2.40. The Morgan fingerprint density at radius 2 is 1.79 bits per heavy atom. The van der Waals surface area contributed by atoms with Crippen molar-refractivity contribution in [3.05, 3.63) is 78.0 Å². The molecule has 2 aliphatic rings. The maximum Gasteiger partial charge on any atom is 0.303 e. The number of benzene rings is 2. The Hall–Kier alpha value is -2.80. The van der Waals surface area contributed by atoms with Crippen LogP contribution in [0.3, 0.4) is 0 Å². The van der Waals surface area contributed by atoms with Gasteiger partial charge in [-0.3, -0.25) is 9.78 Å². The SMILES string of the molecule is C[C@H](CC(=O)O)CN1CC(CN2CCC(O)(CCCc3cnc4ccccc4c3)CC2)C(c2ccccc2)C1. The van der Waals surface area contributed by atoms with E-state index in [4.69, 9.17) is 0 Å². The summed E-state index contributed by atoms with van der Waals surface area (Å²) in [4.78, 5) is 20.8. The van der Waals surface area contributed by atoms with Crippen molar-refractivity contribution in [2.45, 2.75) is 57.0 Å². The summed E-state index contributed by atoms with van der Waals surface area (Å²) in [7, 11) is 0. The number of para-hydroxylation sites is 1. The fourth-order valence-electron chi connectivity index (χ4n) is 6.78. The average Bonchev–Trinajstić information content (AvgIpc) is 3.31. The molecule has 3 heterocycles. The third kappa shape index (κ3) is 7.44. The van der Waals surface area contributed by atoms with Gasteiger partial charge in [0.25, 0.3) is 0 Å². The maximum atomic E-state index is 11.3. The van der Waals surface area contributed by atoms with Gasteiger partial charge in [-0.2, -0.15) is 0 Å². The number of hydrogen-bond donors (Lipinski definition) is 2. The Kier molecular flexibility index (Phi) is 8.96. The molecule has 2 unspecified atom stereocenters. The number of piperidine rings is 1. The Balaban J connectivity index is 1.12. The van der Waals surface area contributed by atoms with Crippen LogP contribution < -0.4 is 0 Å². The van der Waals surface area contributed by atoms with E-state index in [9.17, 15) is 15.0 Å². The van der Waals surface area contributed by atoms with E-state index in [0.717, 1.165) is 76.9 Å². The predicted octanol–water partition coefficient (Wildman–Crippen LogP) is 5.21. The first-order valence-electron chi connectivity index (χ1n) is 14.6. The summed E-state index contributed by atoms with van der Waals surface area (Å²) >= 11 is 0. The van der Waals surface area contributed by atoms with Gasteiger partial charge in [-0.05, 0) is 67.2 Å². The molecule has 0 saturated carbocycles. The lowest BCUT2D eigenvalue weighted by molar-refractivity contribution is -0.138. The summed E-state index contributed by atoms with van der Waals surface area (Å²) in [5.41, 5.74) is 3.08. The second kappa shape index (κ2) is 12.6. The van der Waals surface area contributed by atoms with E-state index in [1.165, 1.54) is 16.5 Å². The van der Waals surface area contributed by atoms with Crippen LogP contribution in [0.2, 0.25) is 0 Å². The summed E-state index contributed by atoms with van der Waals surface area (Å²) in [6.07, 6.45) is 6.60. The maximum absolute atomic E-state index is 11.3. The summed E-state index contributed by atoms with van der Waals surface area (Å²) in [6, 6.07) is 21.2. The lowest BCUT2D eigenvalue weighted by atomic mass is 9.84. The van der Waals surface area contributed by atoms with Gasteiger partial charge in [0.15, 0.2) is 0 Å². The molecule has 2 fully saturated rings. The second-order valence-electron chi connectivity index (χ2n) is 12.1. The first-order valence-corrected chi connectivity index (χ1v) is 14.6. The molecule has 2 aliphatic heterocycles. The summed E-state index contributed by atoms with van der Waals surface area (Å²) in [5.74, 6) is 0.399. The van der Waals surface area contributed by atoms with Crippen molar-refractivity contribution in [2.24, 2.45) is 11.8 Å². The number of fused-ring (bicyclic) bond motifs is 1. The van der Waals surface area contributed by atoms with E-state index in [0.29, 0.717) is 11.8 Å². The number of pyridine rings is 1. The highest BCUT2D eigenvalue weighted by atomic mass is 16.4. The molecule has 5 rings (SSSR count). The van der Waals surface area contributed by atoms with Crippen molar-refractivity contribution in [3.8, 4) is 0 Å². The smallest absolute Gasteiger partial charge is 0.303 e. The van der Waals surface area contributed by atoms with E-state index in [1.54, 1.807) is 0 Å². The molecule has 6 heteroatoms. The zero-order chi connectivity index (χ0) is 27.2. The average molecular weight is 530 g/mol. The molecule has 0 amide bonds. The van der Waals surface area contributed by atoms with Gasteiger partial charge in [0, 0.05) is 63.2 Å². The fourth-order valence-corrected chi connectivity index (χ4v) is 6.78. The van der Waals surface area contributed by atoms with Crippen molar-refractivity contribution >= 4 is 16.9 Å². The lowest BCUT2D eigenvalue weighted by Crippen LogP contribution is -2.46. The van der Waals surface area contributed by atoms with E-state index in [-0.39, 0.29) is 12.3 Å². The van der Waals surface area contributed by atoms with Crippen LogP contribution in [-0.4, -0.2) is 75.8 Å². The standard InChI is InChI=1S/C33H43N3O3/c1-25(18-32(37)38)21-36-23-29(30(24-36)27-9-3-2-4-10-27)22-35-16-14-33(39,15-17-35)13-7-8-26-19-28-11-5-6-12-31(28)34-20-26/h2-6,9-12,19-20,25,29-30,39H,7-8,13-18,21-24H2,1H3,(H,37,38)/t25-,29?,30?/m1/s1. The van der Waals surface area contributed by atoms with Crippen LogP contribution in [-0.2, 0) is 11.2 Å². The van der Waals surface area contributed by atoms with Crippen LogP contribution >= 0.6 is 0 Å².